The molecule has 10 nitrogen and oxygen atoms in total. The highest BCUT2D eigenvalue weighted by Crippen LogP contribution is 2.56. The van der Waals surface area contributed by atoms with Crippen LogP contribution in [0.4, 0.5) is 0 Å². The first-order chi connectivity index (χ1) is 37.6. The van der Waals surface area contributed by atoms with E-state index in [1.54, 1.807) is 0 Å². The minimum atomic E-state index is -2.25. The molecule has 12 heteroatoms. The number of aryl methyl sites for hydroxylation is 7. The maximum atomic E-state index is 11.7. The molecule has 3 fully saturated rings. The van der Waals surface area contributed by atoms with E-state index in [-0.39, 0.29) is 30.3 Å². The topological polar surface area (TPSA) is 103 Å². The van der Waals surface area contributed by atoms with E-state index in [1.165, 1.54) is 5.57 Å². The maximum Gasteiger partial charge on any atom is 0.530 e. The molecule has 9 rings (SSSR count). The summed E-state index contributed by atoms with van der Waals surface area (Å²) in [7, 11) is -4.35. The van der Waals surface area contributed by atoms with Gasteiger partial charge in [0.15, 0.2) is 0 Å². The molecule has 78 heavy (non-hydrogen) atoms. The Balaban J connectivity index is 1.17. The number of benzene rings is 5. The number of allylic oxidation sites excluding steroid dienone is 1. The summed E-state index contributed by atoms with van der Waals surface area (Å²) in [4.78, 5) is 0. The van der Waals surface area contributed by atoms with Gasteiger partial charge in [-0.3, -0.25) is 4.52 Å². The standard InChI is InChI=1S/C66H86O10P2/c1-12-13-20-55(67)51-35-41(2)24-28-59(51)71-77(72-60-29-25-42(3)36-52(60)56-21-14-17-32-68-56)75-65-49(10)45(6)39-47(8)63(65)64-48(9)40-46(7)50(11)66(64)76-78(73-61-30-26-43(4)37-53(61)57-22-15-18-33-69-57)74-62-31-27-44(5)38-54(62)58-23-16-19-34-70-58/h24-26,28-30,35-40,54-58,62,67H,12-23,27,31-34H2,1-11H3. The monoisotopic (exact) mass is 1100 g/mol. The lowest BCUT2D eigenvalue weighted by Gasteiger charge is -2.37. The Bertz CT molecular complexity index is 2880. The Morgan fingerprint density at radius 1 is 0.538 bits per heavy atom. The van der Waals surface area contributed by atoms with Gasteiger partial charge in [0.25, 0.3) is 0 Å². The van der Waals surface area contributed by atoms with Crippen molar-refractivity contribution < 1.29 is 46.5 Å². The highest BCUT2D eigenvalue weighted by molar-refractivity contribution is 7.43. The molecule has 420 valence electrons. The number of aliphatic hydroxyl groups excluding tert-OH is 1. The quantitative estimate of drug-likeness (QED) is 0.0599. The molecule has 8 atom stereocenters. The second kappa shape index (κ2) is 26.8. The average Bonchev–Trinajstić information content (AvgIpc) is 3.55. The van der Waals surface area contributed by atoms with Gasteiger partial charge in [0.05, 0.1) is 30.5 Å². The number of rotatable bonds is 20. The van der Waals surface area contributed by atoms with Crippen LogP contribution in [0.15, 0.2) is 78.4 Å². The Morgan fingerprint density at radius 2 is 1.04 bits per heavy atom. The first-order valence-electron chi connectivity index (χ1n) is 29.1. The first-order valence-corrected chi connectivity index (χ1v) is 31.2. The van der Waals surface area contributed by atoms with Crippen molar-refractivity contribution >= 4 is 17.2 Å². The van der Waals surface area contributed by atoms with E-state index in [0.717, 1.165) is 162 Å². The van der Waals surface area contributed by atoms with Crippen molar-refractivity contribution in [3.63, 3.8) is 0 Å². The minimum Gasteiger partial charge on any atom is -0.417 e. The maximum absolute atomic E-state index is 11.7. The van der Waals surface area contributed by atoms with Crippen molar-refractivity contribution in [1.82, 2.24) is 0 Å². The van der Waals surface area contributed by atoms with Crippen molar-refractivity contribution in [2.24, 2.45) is 5.92 Å². The lowest BCUT2D eigenvalue weighted by molar-refractivity contribution is -0.0433. The summed E-state index contributed by atoms with van der Waals surface area (Å²) in [5.41, 5.74) is 15.2. The van der Waals surface area contributed by atoms with Crippen molar-refractivity contribution in [2.75, 3.05) is 19.8 Å². The molecule has 4 aliphatic rings. The summed E-state index contributed by atoms with van der Waals surface area (Å²) in [6, 6.07) is 23.1. The molecule has 0 amide bonds. The van der Waals surface area contributed by atoms with E-state index >= 15 is 0 Å². The zero-order chi connectivity index (χ0) is 55.0. The third-order valence-corrected chi connectivity index (χ3v) is 18.6. The Hall–Kier alpha value is -4.50. The fourth-order valence-corrected chi connectivity index (χ4v) is 14.2. The second-order valence-electron chi connectivity index (χ2n) is 22.8. The lowest BCUT2D eigenvalue weighted by atomic mass is 9.82. The molecule has 3 saturated heterocycles. The number of hydrogen-bond donors (Lipinski definition) is 1. The summed E-state index contributed by atoms with van der Waals surface area (Å²) in [5.74, 6) is 3.23. The molecular weight excluding hydrogens is 1010 g/mol. The van der Waals surface area contributed by atoms with Gasteiger partial charge in [-0.15, -0.1) is 0 Å². The Morgan fingerprint density at radius 3 is 1.56 bits per heavy atom. The SMILES string of the molecule is CCCCC(O)c1cc(C)ccc1OP(Oc1ccc(C)cc1C1CCCCO1)Oc1c(C)c(C)cc(C)c1-c1c(C)cc(C)c(C)c1OP(Oc1ccc(C)cc1C1CCCCO1)OC1CCC(C)=CC1C1CCCCO1. The van der Waals surface area contributed by atoms with Gasteiger partial charge < -0.3 is 41.9 Å². The average molecular weight is 1100 g/mol. The molecule has 3 heterocycles. The van der Waals surface area contributed by atoms with Crippen molar-refractivity contribution in [3.8, 4) is 39.9 Å². The zero-order valence-electron chi connectivity index (χ0n) is 48.4. The van der Waals surface area contributed by atoms with E-state index in [1.807, 2.05) is 31.2 Å². The predicted molar refractivity (Wildman–Crippen MR) is 315 cm³/mol. The first kappa shape index (κ1) is 58.2. The molecular formula is C66H86O10P2. The number of ether oxygens (including phenoxy) is 3. The van der Waals surface area contributed by atoms with Gasteiger partial charge in [0.1, 0.15) is 28.7 Å². The van der Waals surface area contributed by atoms with E-state index < -0.39 is 23.3 Å². The van der Waals surface area contributed by atoms with Gasteiger partial charge in [0.2, 0.25) is 0 Å². The molecule has 0 spiro atoms. The van der Waals surface area contributed by atoms with Crippen molar-refractivity contribution in [2.45, 2.75) is 197 Å². The van der Waals surface area contributed by atoms with Gasteiger partial charge in [-0.25, -0.2) is 0 Å². The van der Waals surface area contributed by atoms with E-state index in [0.29, 0.717) is 53.9 Å². The fourth-order valence-electron chi connectivity index (χ4n) is 11.7. The van der Waals surface area contributed by atoms with Crippen LogP contribution in [0.5, 0.6) is 28.7 Å². The highest BCUT2D eigenvalue weighted by atomic mass is 31.2. The van der Waals surface area contributed by atoms with E-state index in [4.69, 9.17) is 41.4 Å². The summed E-state index contributed by atoms with van der Waals surface area (Å²) in [5, 5.41) is 11.7. The molecule has 3 aliphatic heterocycles. The van der Waals surface area contributed by atoms with Gasteiger partial charge in [-0.2, -0.15) is 0 Å². The van der Waals surface area contributed by atoms with E-state index in [9.17, 15) is 5.11 Å². The van der Waals surface area contributed by atoms with Crippen LogP contribution in [-0.2, 0) is 18.7 Å². The molecule has 8 unspecified atom stereocenters. The van der Waals surface area contributed by atoms with Crippen LogP contribution < -0.4 is 22.6 Å². The normalized spacial score (nSPS) is 22.0. The van der Waals surface area contributed by atoms with Gasteiger partial charge >= 0.3 is 17.2 Å². The smallest absolute Gasteiger partial charge is 0.417 e. The van der Waals surface area contributed by atoms with Crippen LogP contribution in [0.25, 0.3) is 11.1 Å². The van der Waals surface area contributed by atoms with Crippen LogP contribution in [0.2, 0.25) is 0 Å². The molecule has 5 aromatic carbocycles. The summed E-state index contributed by atoms with van der Waals surface area (Å²) >= 11 is 0. The molecule has 0 bridgehead atoms. The molecule has 5 aromatic rings. The predicted octanol–water partition coefficient (Wildman–Crippen LogP) is 18.6. The van der Waals surface area contributed by atoms with E-state index in [2.05, 4.69) is 118 Å². The zero-order valence-corrected chi connectivity index (χ0v) is 50.2. The van der Waals surface area contributed by atoms with Crippen LogP contribution in [-0.4, -0.2) is 37.1 Å². The second-order valence-corrected chi connectivity index (χ2v) is 24.8. The number of unbranched alkanes of at least 4 members (excludes halogenated alkanes) is 1. The Kier molecular flexibility index (Phi) is 20.0. The molecule has 1 N–H and O–H groups in total. The summed E-state index contributed by atoms with van der Waals surface area (Å²) in [6.07, 6.45) is 14.7. The van der Waals surface area contributed by atoms with Crippen molar-refractivity contribution in [1.29, 1.82) is 0 Å². The van der Waals surface area contributed by atoms with Crippen molar-refractivity contribution in [3.05, 3.63) is 145 Å². The number of aliphatic hydroxyl groups is 1. The van der Waals surface area contributed by atoms with Crippen LogP contribution in [0.1, 0.15) is 189 Å². The molecule has 1 aliphatic carbocycles. The highest BCUT2D eigenvalue weighted by Gasteiger charge is 2.39. The third-order valence-electron chi connectivity index (χ3n) is 16.4. The number of hydrogen-bond acceptors (Lipinski definition) is 10. The van der Waals surface area contributed by atoms with Gasteiger partial charge in [-0.1, -0.05) is 78.4 Å². The van der Waals surface area contributed by atoms with Gasteiger partial charge in [0, 0.05) is 53.6 Å². The van der Waals surface area contributed by atoms with Crippen LogP contribution in [0.3, 0.4) is 0 Å². The molecule has 0 aromatic heterocycles. The molecule has 0 radical (unpaired) electrons. The summed E-state index contributed by atoms with van der Waals surface area (Å²) < 4.78 is 63.3. The largest absolute Gasteiger partial charge is 0.530 e. The van der Waals surface area contributed by atoms with Crippen LogP contribution >= 0.6 is 17.2 Å². The summed E-state index contributed by atoms with van der Waals surface area (Å²) in [6.45, 7) is 25.6. The minimum absolute atomic E-state index is 0.0528. The Labute approximate surface area is 468 Å². The van der Waals surface area contributed by atoms with Gasteiger partial charge in [-0.05, 0) is 216 Å². The molecule has 0 saturated carbocycles. The fraction of sp³-hybridized carbons (Fsp3) is 0.515. The van der Waals surface area contributed by atoms with Crippen LogP contribution in [0, 0.1) is 68.2 Å². The lowest BCUT2D eigenvalue weighted by Crippen LogP contribution is -2.38. The third kappa shape index (κ3) is 14.0.